The fourth-order valence-corrected chi connectivity index (χ4v) is 2.83. The van der Waals surface area contributed by atoms with E-state index in [1.807, 2.05) is 30.3 Å². The minimum atomic E-state index is -0.729. The Hall–Kier alpha value is -3.31. The predicted molar refractivity (Wildman–Crippen MR) is 114 cm³/mol. The van der Waals surface area contributed by atoms with Gasteiger partial charge < -0.3 is 15.4 Å². The summed E-state index contributed by atoms with van der Waals surface area (Å²) in [5.74, 6) is -0.0295. The van der Waals surface area contributed by atoms with Crippen molar-refractivity contribution in [1.82, 2.24) is 5.32 Å². The van der Waals surface area contributed by atoms with Crippen molar-refractivity contribution in [2.75, 3.05) is 5.32 Å². The second-order valence-electron chi connectivity index (χ2n) is 6.46. The molecular formula is C23H21ClN2O3. The number of carbonyl (C=O) groups excluding carboxylic acids is 2. The van der Waals surface area contributed by atoms with Crippen LogP contribution in [-0.2, 0) is 11.4 Å². The predicted octanol–water partition coefficient (Wildman–Crippen LogP) is 4.68. The molecule has 148 valence electrons. The first-order valence-electron chi connectivity index (χ1n) is 9.16. The molecule has 0 saturated heterocycles. The third-order valence-corrected chi connectivity index (χ3v) is 4.56. The average molecular weight is 409 g/mol. The minimum Gasteiger partial charge on any atom is -0.489 e. The smallest absolute Gasteiger partial charge is 0.253 e. The fraction of sp³-hybridized carbons (Fsp3) is 0.130. The van der Waals surface area contributed by atoms with Gasteiger partial charge in [-0.1, -0.05) is 54.1 Å². The first-order valence-corrected chi connectivity index (χ1v) is 9.54. The zero-order chi connectivity index (χ0) is 20.6. The number of amides is 2. The molecule has 29 heavy (non-hydrogen) atoms. The molecule has 0 aliphatic rings. The van der Waals surface area contributed by atoms with Crippen LogP contribution in [0.1, 0.15) is 22.8 Å². The fourth-order valence-electron chi connectivity index (χ4n) is 2.61. The molecule has 0 bridgehead atoms. The molecule has 0 radical (unpaired) electrons. The van der Waals surface area contributed by atoms with Gasteiger partial charge in [0.05, 0.1) is 10.6 Å². The Morgan fingerprint density at radius 3 is 2.28 bits per heavy atom. The lowest BCUT2D eigenvalue weighted by atomic mass is 10.2. The third-order valence-electron chi connectivity index (χ3n) is 4.23. The van der Waals surface area contributed by atoms with Crippen LogP contribution in [0.5, 0.6) is 5.75 Å². The molecule has 3 aromatic rings. The number of carbonyl (C=O) groups is 2. The Balaban J connectivity index is 1.52. The largest absolute Gasteiger partial charge is 0.489 e. The second kappa shape index (κ2) is 9.75. The van der Waals surface area contributed by atoms with Gasteiger partial charge in [-0.05, 0) is 48.9 Å². The van der Waals surface area contributed by atoms with Crippen molar-refractivity contribution in [3.05, 3.63) is 95.0 Å². The lowest BCUT2D eigenvalue weighted by molar-refractivity contribution is -0.117. The van der Waals surface area contributed by atoms with Gasteiger partial charge >= 0.3 is 0 Å². The maximum Gasteiger partial charge on any atom is 0.253 e. The first kappa shape index (κ1) is 20.4. The molecule has 3 rings (SSSR count). The summed E-state index contributed by atoms with van der Waals surface area (Å²) in [5, 5.41) is 5.76. The molecule has 3 aromatic carbocycles. The standard InChI is InChI=1S/C23H21ClN2O3/c1-16(25-23(28)20-9-5-6-10-21(20)24)22(27)26-18-11-13-19(14-12-18)29-15-17-7-3-2-4-8-17/h2-14,16H,15H2,1H3,(H,25,28)(H,26,27)/t16-/m1/s1. The Bertz CT molecular complexity index is 975. The van der Waals surface area contributed by atoms with E-state index in [0.717, 1.165) is 5.56 Å². The van der Waals surface area contributed by atoms with Gasteiger partial charge in [0, 0.05) is 5.69 Å². The molecule has 2 N–H and O–H groups in total. The molecule has 0 fully saturated rings. The SMILES string of the molecule is C[C@@H](NC(=O)c1ccccc1Cl)C(=O)Nc1ccc(OCc2ccccc2)cc1. The molecule has 0 saturated carbocycles. The van der Waals surface area contributed by atoms with E-state index >= 15 is 0 Å². The molecule has 1 atom stereocenters. The maximum atomic E-state index is 12.4. The van der Waals surface area contributed by atoms with E-state index in [9.17, 15) is 9.59 Å². The van der Waals surface area contributed by atoms with Crippen LogP contribution in [0, 0.1) is 0 Å². The number of hydrogen-bond acceptors (Lipinski definition) is 3. The highest BCUT2D eigenvalue weighted by molar-refractivity contribution is 6.33. The van der Waals surface area contributed by atoms with Crippen LogP contribution in [0.25, 0.3) is 0 Å². The number of halogens is 1. The van der Waals surface area contributed by atoms with Crippen LogP contribution in [0.4, 0.5) is 5.69 Å². The van der Waals surface area contributed by atoms with Gasteiger partial charge in [0.2, 0.25) is 5.91 Å². The number of nitrogens with one attached hydrogen (secondary N) is 2. The van der Waals surface area contributed by atoms with E-state index < -0.39 is 11.9 Å². The zero-order valence-corrected chi connectivity index (χ0v) is 16.6. The quantitative estimate of drug-likeness (QED) is 0.596. The number of anilines is 1. The van der Waals surface area contributed by atoms with Crippen molar-refractivity contribution in [2.24, 2.45) is 0 Å². The lowest BCUT2D eigenvalue weighted by Gasteiger charge is -2.15. The zero-order valence-electron chi connectivity index (χ0n) is 15.9. The van der Waals surface area contributed by atoms with Crippen LogP contribution >= 0.6 is 11.6 Å². The van der Waals surface area contributed by atoms with Crippen LogP contribution in [0.2, 0.25) is 5.02 Å². The summed E-state index contributed by atoms with van der Waals surface area (Å²) >= 11 is 6.02. The highest BCUT2D eigenvalue weighted by Crippen LogP contribution is 2.18. The van der Waals surface area contributed by atoms with Gasteiger partial charge in [-0.2, -0.15) is 0 Å². The monoisotopic (exact) mass is 408 g/mol. The average Bonchev–Trinajstić information content (AvgIpc) is 2.74. The number of hydrogen-bond donors (Lipinski definition) is 2. The molecular weight excluding hydrogens is 388 g/mol. The van der Waals surface area contributed by atoms with E-state index in [1.54, 1.807) is 55.5 Å². The van der Waals surface area contributed by atoms with Crippen molar-refractivity contribution in [2.45, 2.75) is 19.6 Å². The van der Waals surface area contributed by atoms with Crippen molar-refractivity contribution < 1.29 is 14.3 Å². The van der Waals surface area contributed by atoms with E-state index in [1.165, 1.54) is 0 Å². The van der Waals surface area contributed by atoms with Crippen LogP contribution in [-0.4, -0.2) is 17.9 Å². The van der Waals surface area contributed by atoms with E-state index in [0.29, 0.717) is 28.6 Å². The van der Waals surface area contributed by atoms with Crippen molar-refractivity contribution in [1.29, 1.82) is 0 Å². The molecule has 0 aromatic heterocycles. The van der Waals surface area contributed by atoms with Gasteiger partial charge in [0.15, 0.2) is 0 Å². The van der Waals surface area contributed by atoms with Crippen molar-refractivity contribution in [3.63, 3.8) is 0 Å². The summed E-state index contributed by atoms with van der Waals surface area (Å²) < 4.78 is 5.73. The van der Waals surface area contributed by atoms with Gasteiger partial charge in [-0.3, -0.25) is 9.59 Å². The van der Waals surface area contributed by atoms with Crippen molar-refractivity contribution in [3.8, 4) is 5.75 Å². The molecule has 0 heterocycles. The Labute approximate surface area is 174 Å². The summed E-state index contributed by atoms with van der Waals surface area (Å²) in [4.78, 5) is 24.6. The maximum absolute atomic E-state index is 12.4. The topological polar surface area (TPSA) is 67.4 Å². The van der Waals surface area contributed by atoms with Crippen molar-refractivity contribution >= 4 is 29.1 Å². The number of rotatable bonds is 7. The first-order chi connectivity index (χ1) is 14.0. The van der Waals surface area contributed by atoms with Gasteiger partial charge in [-0.25, -0.2) is 0 Å². The van der Waals surface area contributed by atoms with Crippen LogP contribution < -0.4 is 15.4 Å². The van der Waals surface area contributed by atoms with E-state index in [2.05, 4.69) is 10.6 Å². The van der Waals surface area contributed by atoms with E-state index in [4.69, 9.17) is 16.3 Å². The molecule has 6 heteroatoms. The molecule has 0 aliphatic carbocycles. The highest BCUT2D eigenvalue weighted by atomic mass is 35.5. The second-order valence-corrected chi connectivity index (χ2v) is 6.87. The Morgan fingerprint density at radius 1 is 0.931 bits per heavy atom. The van der Waals surface area contributed by atoms with Gasteiger partial charge in [0.25, 0.3) is 5.91 Å². The molecule has 0 aliphatic heterocycles. The minimum absolute atomic E-state index is 0.328. The van der Waals surface area contributed by atoms with Gasteiger partial charge in [0.1, 0.15) is 18.4 Å². The normalized spacial score (nSPS) is 11.4. The Morgan fingerprint density at radius 2 is 1.59 bits per heavy atom. The molecule has 5 nitrogen and oxygen atoms in total. The summed E-state index contributed by atoms with van der Waals surface area (Å²) in [6.45, 7) is 2.08. The lowest BCUT2D eigenvalue weighted by Crippen LogP contribution is -2.41. The summed E-state index contributed by atoms with van der Waals surface area (Å²) in [6, 6.07) is 22.9. The summed E-state index contributed by atoms with van der Waals surface area (Å²) in [5.41, 5.74) is 2.02. The number of ether oxygens (including phenoxy) is 1. The molecule has 0 spiro atoms. The Kier molecular flexibility index (Phi) is 6.87. The van der Waals surface area contributed by atoms with Crippen LogP contribution in [0.3, 0.4) is 0 Å². The summed E-state index contributed by atoms with van der Waals surface area (Å²) in [7, 11) is 0. The highest BCUT2D eigenvalue weighted by Gasteiger charge is 2.18. The molecule has 0 unspecified atom stereocenters. The third kappa shape index (κ3) is 5.83. The van der Waals surface area contributed by atoms with Gasteiger partial charge in [-0.15, -0.1) is 0 Å². The molecule has 2 amide bonds. The van der Waals surface area contributed by atoms with Crippen LogP contribution in [0.15, 0.2) is 78.9 Å². The summed E-state index contributed by atoms with van der Waals surface area (Å²) in [6.07, 6.45) is 0. The number of benzene rings is 3. The van der Waals surface area contributed by atoms with E-state index in [-0.39, 0.29) is 5.91 Å².